The van der Waals surface area contributed by atoms with Gasteiger partial charge in [0.05, 0.1) is 0 Å². The summed E-state index contributed by atoms with van der Waals surface area (Å²) in [5.41, 5.74) is -0.584. The van der Waals surface area contributed by atoms with Crippen LogP contribution < -0.4 is 0 Å². The molecule has 0 atom stereocenters. The Labute approximate surface area is 82.9 Å². The molecule has 4 nitrogen and oxygen atoms in total. The molecule has 0 radical (unpaired) electrons. The first-order chi connectivity index (χ1) is 6.69. The zero-order chi connectivity index (χ0) is 10.2. The van der Waals surface area contributed by atoms with Crippen LogP contribution in [0.25, 0.3) is 0 Å². The first-order valence-electron chi connectivity index (χ1n) is 4.77. The van der Waals surface area contributed by atoms with Crippen molar-refractivity contribution in [3.05, 3.63) is 18.2 Å². The highest BCUT2D eigenvalue weighted by atomic mass is 16.5. The third kappa shape index (κ3) is 1.18. The van der Waals surface area contributed by atoms with Gasteiger partial charge in [-0.25, -0.2) is 4.98 Å². The Morgan fingerprint density at radius 2 is 2.36 bits per heavy atom. The minimum atomic E-state index is -0.584. The number of ketones is 1. The maximum absolute atomic E-state index is 12.1. The molecule has 0 bridgehead atoms. The standard InChI is InChI=1S/C10H14N2O2/c1-12-7-6-11-9(12)8(13)10(14-2)4-3-5-10/h6-7H,3-5H2,1-2H3. The van der Waals surface area contributed by atoms with E-state index in [2.05, 4.69) is 4.98 Å². The molecular formula is C10H14N2O2. The number of carbonyl (C=O) groups is 1. The second-order valence-corrected chi connectivity index (χ2v) is 3.74. The molecule has 1 fully saturated rings. The summed E-state index contributed by atoms with van der Waals surface area (Å²) in [5.74, 6) is 0.505. The van der Waals surface area contributed by atoms with Crippen molar-refractivity contribution in [3.8, 4) is 0 Å². The quantitative estimate of drug-likeness (QED) is 0.678. The van der Waals surface area contributed by atoms with Crippen LogP contribution in [0.5, 0.6) is 0 Å². The molecule has 0 unspecified atom stereocenters. The molecule has 0 N–H and O–H groups in total. The van der Waals surface area contributed by atoms with E-state index >= 15 is 0 Å². The van der Waals surface area contributed by atoms with E-state index in [0.717, 1.165) is 19.3 Å². The van der Waals surface area contributed by atoms with Crippen molar-refractivity contribution >= 4 is 5.78 Å². The number of aromatic nitrogens is 2. The lowest BCUT2D eigenvalue weighted by molar-refractivity contribution is -0.0456. The van der Waals surface area contributed by atoms with Gasteiger partial charge < -0.3 is 9.30 Å². The molecule has 1 heterocycles. The zero-order valence-electron chi connectivity index (χ0n) is 8.49. The van der Waals surface area contributed by atoms with Crippen molar-refractivity contribution in [1.29, 1.82) is 0 Å². The van der Waals surface area contributed by atoms with Crippen molar-refractivity contribution in [2.45, 2.75) is 24.9 Å². The van der Waals surface area contributed by atoms with Crippen LogP contribution in [0.3, 0.4) is 0 Å². The summed E-state index contributed by atoms with van der Waals surface area (Å²) >= 11 is 0. The number of hydrogen-bond donors (Lipinski definition) is 0. The van der Waals surface area contributed by atoms with Crippen molar-refractivity contribution in [2.75, 3.05) is 7.11 Å². The van der Waals surface area contributed by atoms with E-state index < -0.39 is 5.60 Å². The average Bonchev–Trinajstić information content (AvgIpc) is 2.50. The summed E-state index contributed by atoms with van der Waals surface area (Å²) in [6, 6.07) is 0. The number of rotatable bonds is 3. The monoisotopic (exact) mass is 194 g/mol. The summed E-state index contributed by atoms with van der Waals surface area (Å²) in [4.78, 5) is 16.1. The van der Waals surface area contributed by atoms with Crippen molar-refractivity contribution in [3.63, 3.8) is 0 Å². The highest BCUT2D eigenvalue weighted by molar-refractivity contribution is 6.00. The molecule has 0 saturated heterocycles. The van der Waals surface area contributed by atoms with Gasteiger partial charge >= 0.3 is 0 Å². The van der Waals surface area contributed by atoms with Crippen molar-refractivity contribution in [2.24, 2.45) is 7.05 Å². The third-order valence-corrected chi connectivity index (χ3v) is 2.99. The molecule has 2 rings (SSSR count). The van der Waals surface area contributed by atoms with E-state index in [-0.39, 0.29) is 5.78 Å². The lowest BCUT2D eigenvalue weighted by atomic mass is 9.76. The second-order valence-electron chi connectivity index (χ2n) is 3.74. The van der Waals surface area contributed by atoms with E-state index in [1.165, 1.54) is 0 Å². The lowest BCUT2D eigenvalue weighted by Crippen LogP contribution is -2.47. The summed E-state index contributed by atoms with van der Waals surface area (Å²) < 4.78 is 7.05. The highest BCUT2D eigenvalue weighted by Crippen LogP contribution is 2.37. The van der Waals surface area contributed by atoms with Gasteiger partial charge in [0, 0.05) is 26.6 Å². The Hall–Kier alpha value is -1.16. The molecule has 0 amide bonds. The minimum absolute atomic E-state index is 0.0127. The number of imidazole rings is 1. The van der Waals surface area contributed by atoms with Crippen LogP contribution in [0.1, 0.15) is 29.9 Å². The van der Waals surface area contributed by atoms with Gasteiger partial charge in [-0.15, -0.1) is 0 Å². The Kier molecular flexibility index (Phi) is 2.15. The fraction of sp³-hybridized carbons (Fsp3) is 0.600. The molecule has 76 valence electrons. The van der Waals surface area contributed by atoms with Crippen LogP contribution in [0.2, 0.25) is 0 Å². The van der Waals surface area contributed by atoms with Crippen LogP contribution in [0.4, 0.5) is 0 Å². The van der Waals surface area contributed by atoms with Crippen LogP contribution in [0, 0.1) is 0 Å². The molecule has 1 aromatic heterocycles. The van der Waals surface area contributed by atoms with Gasteiger partial charge in [0.25, 0.3) is 0 Å². The van der Waals surface area contributed by atoms with E-state index in [4.69, 9.17) is 4.74 Å². The summed E-state index contributed by atoms with van der Waals surface area (Å²) in [7, 11) is 3.42. The average molecular weight is 194 g/mol. The van der Waals surface area contributed by atoms with Crippen LogP contribution >= 0.6 is 0 Å². The first-order valence-corrected chi connectivity index (χ1v) is 4.77. The SMILES string of the molecule is COC1(C(=O)c2nccn2C)CCC1. The molecule has 1 aliphatic rings. The molecule has 1 aliphatic carbocycles. The lowest BCUT2D eigenvalue weighted by Gasteiger charge is -2.38. The predicted molar refractivity (Wildman–Crippen MR) is 51.1 cm³/mol. The van der Waals surface area contributed by atoms with E-state index in [1.807, 2.05) is 7.05 Å². The number of ether oxygens (including phenoxy) is 1. The fourth-order valence-corrected chi connectivity index (χ4v) is 1.81. The summed E-state index contributed by atoms with van der Waals surface area (Å²) in [6.45, 7) is 0. The van der Waals surface area contributed by atoms with Gasteiger partial charge in [-0.3, -0.25) is 4.79 Å². The molecule has 4 heteroatoms. The number of carbonyl (C=O) groups excluding carboxylic acids is 1. The topological polar surface area (TPSA) is 44.1 Å². The Bertz CT molecular complexity index is 347. The molecule has 0 spiro atoms. The van der Waals surface area contributed by atoms with Gasteiger partial charge in [-0.05, 0) is 19.3 Å². The van der Waals surface area contributed by atoms with Gasteiger partial charge in [0.2, 0.25) is 5.78 Å². The smallest absolute Gasteiger partial charge is 0.229 e. The van der Waals surface area contributed by atoms with E-state index in [9.17, 15) is 4.79 Å². The second kappa shape index (κ2) is 3.20. The molecule has 0 aliphatic heterocycles. The van der Waals surface area contributed by atoms with Gasteiger partial charge in [-0.1, -0.05) is 0 Å². The summed E-state index contributed by atoms with van der Waals surface area (Å²) in [5, 5.41) is 0. The molecular weight excluding hydrogens is 180 g/mol. The molecule has 14 heavy (non-hydrogen) atoms. The molecule has 1 saturated carbocycles. The maximum Gasteiger partial charge on any atom is 0.229 e. The van der Waals surface area contributed by atoms with Crippen LogP contribution in [-0.2, 0) is 11.8 Å². The summed E-state index contributed by atoms with van der Waals surface area (Å²) in [6.07, 6.45) is 6.10. The Morgan fingerprint density at radius 1 is 1.64 bits per heavy atom. The predicted octanol–water partition coefficient (Wildman–Crippen LogP) is 1.17. The van der Waals surface area contributed by atoms with Gasteiger partial charge in [0.1, 0.15) is 5.60 Å². The van der Waals surface area contributed by atoms with Crippen molar-refractivity contribution < 1.29 is 9.53 Å². The zero-order valence-corrected chi connectivity index (χ0v) is 8.49. The largest absolute Gasteiger partial charge is 0.370 e. The Morgan fingerprint density at radius 3 is 2.71 bits per heavy atom. The van der Waals surface area contributed by atoms with Crippen molar-refractivity contribution in [1.82, 2.24) is 9.55 Å². The third-order valence-electron chi connectivity index (χ3n) is 2.99. The fourth-order valence-electron chi connectivity index (χ4n) is 1.81. The normalized spacial score (nSPS) is 19.0. The highest BCUT2D eigenvalue weighted by Gasteiger charge is 2.46. The van der Waals surface area contributed by atoms with Gasteiger partial charge in [0.15, 0.2) is 5.82 Å². The first kappa shape index (κ1) is 9.40. The number of nitrogens with zero attached hydrogens (tertiary/aromatic N) is 2. The Balaban J connectivity index is 2.27. The number of Topliss-reactive ketones (excluding diaryl/α,β-unsaturated/α-hetero) is 1. The number of aryl methyl sites for hydroxylation is 1. The van der Waals surface area contributed by atoms with E-state index in [1.54, 1.807) is 24.1 Å². The number of methoxy groups -OCH3 is 1. The number of hydrogen-bond acceptors (Lipinski definition) is 3. The molecule has 1 aromatic rings. The maximum atomic E-state index is 12.1. The van der Waals surface area contributed by atoms with Crippen LogP contribution in [0.15, 0.2) is 12.4 Å². The van der Waals surface area contributed by atoms with E-state index in [0.29, 0.717) is 5.82 Å². The van der Waals surface area contributed by atoms with Gasteiger partial charge in [-0.2, -0.15) is 0 Å². The molecule has 0 aromatic carbocycles. The minimum Gasteiger partial charge on any atom is -0.370 e. The van der Waals surface area contributed by atoms with Crippen LogP contribution in [-0.4, -0.2) is 28.0 Å².